The molecule has 0 spiro atoms. The molecule has 16 heavy (non-hydrogen) atoms. The van der Waals surface area contributed by atoms with Crippen molar-refractivity contribution in [2.45, 2.75) is 13.3 Å². The molecule has 0 amide bonds. The maximum Gasteiger partial charge on any atom is 0.224 e. The Hall–Kier alpha value is -1.62. The first kappa shape index (κ1) is 10.9. The fourth-order valence-corrected chi connectivity index (χ4v) is 1.42. The molecule has 5 nitrogen and oxygen atoms in total. The molecule has 2 aromatic rings. The molecule has 0 N–H and O–H groups in total. The summed E-state index contributed by atoms with van der Waals surface area (Å²) in [5, 5.41) is 4.37. The summed E-state index contributed by atoms with van der Waals surface area (Å²) in [6.45, 7) is 1.96. The van der Waals surface area contributed by atoms with Crippen LogP contribution >= 0.6 is 11.6 Å². The van der Waals surface area contributed by atoms with Gasteiger partial charge < -0.3 is 4.74 Å². The average Bonchev–Trinajstić information content (AvgIpc) is 2.63. The normalized spacial score (nSPS) is 10.4. The van der Waals surface area contributed by atoms with Crippen molar-refractivity contribution in [1.29, 1.82) is 0 Å². The summed E-state index contributed by atoms with van der Waals surface area (Å²) < 4.78 is 7.16. The van der Waals surface area contributed by atoms with Gasteiger partial charge in [-0.25, -0.2) is 4.98 Å². The zero-order valence-corrected chi connectivity index (χ0v) is 9.77. The Bertz CT molecular complexity index is 497. The van der Waals surface area contributed by atoms with Crippen molar-refractivity contribution in [3.8, 4) is 11.6 Å². The molecule has 0 aliphatic rings. The van der Waals surface area contributed by atoms with Gasteiger partial charge in [-0.1, -0.05) is 18.5 Å². The van der Waals surface area contributed by atoms with Crippen LogP contribution in [-0.4, -0.2) is 19.7 Å². The van der Waals surface area contributed by atoms with Crippen LogP contribution in [0.15, 0.2) is 18.5 Å². The van der Waals surface area contributed by atoms with E-state index in [4.69, 9.17) is 16.3 Å². The first-order valence-electron chi connectivity index (χ1n) is 4.87. The predicted molar refractivity (Wildman–Crippen MR) is 59.7 cm³/mol. The van der Waals surface area contributed by atoms with Crippen LogP contribution in [0.4, 0.5) is 0 Å². The van der Waals surface area contributed by atoms with Crippen LogP contribution in [0.3, 0.4) is 0 Å². The monoisotopic (exact) mass is 238 g/mol. The van der Waals surface area contributed by atoms with Gasteiger partial charge in [-0.3, -0.25) is 4.68 Å². The number of nitrogens with zero attached hydrogens (tertiary/aromatic N) is 4. The van der Waals surface area contributed by atoms with Crippen molar-refractivity contribution in [3.05, 3.63) is 29.4 Å². The predicted octanol–water partition coefficient (Wildman–Crippen LogP) is 2.22. The molecule has 0 aliphatic heterocycles. The molecule has 6 heteroatoms. The molecule has 0 atom stereocenters. The van der Waals surface area contributed by atoms with Gasteiger partial charge in [0, 0.05) is 19.5 Å². The summed E-state index contributed by atoms with van der Waals surface area (Å²) in [6.07, 6.45) is 4.08. The van der Waals surface area contributed by atoms with E-state index in [0.717, 1.165) is 0 Å². The van der Waals surface area contributed by atoms with Crippen LogP contribution in [0.2, 0.25) is 5.15 Å². The quantitative estimate of drug-likeness (QED) is 0.770. The maximum atomic E-state index is 5.85. The second-order valence-corrected chi connectivity index (χ2v) is 3.64. The Morgan fingerprint density at radius 3 is 2.88 bits per heavy atom. The van der Waals surface area contributed by atoms with Crippen LogP contribution in [0, 0.1) is 0 Å². The summed E-state index contributed by atoms with van der Waals surface area (Å²) in [6, 6.07) is 1.58. The Balaban J connectivity index is 2.24. The Morgan fingerprint density at radius 2 is 2.25 bits per heavy atom. The summed E-state index contributed by atoms with van der Waals surface area (Å²) in [7, 11) is 1.82. The van der Waals surface area contributed by atoms with E-state index in [0.29, 0.717) is 29.0 Å². The van der Waals surface area contributed by atoms with Crippen molar-refractivity contribution in [3.63, 3.8) is 0 Å². The highest BCUT2D eigenvalue weighted by Crippen LogP contribution is 2.20. The SMILES string of the molecule is CCc1nc(Cl)cc(Oc2cnn(C)c2)n1. The van der Waals surface area contributed by atoms with Gasteiger partial charge >= 0.3 is 0 Å². The van der Waals surface area contributed by atoms with Crippen LogP contribution in [0.1, 0.15) is 12.7 Å². The molecule has 0 saturated heterocycles. The second kappa shape index (κ2) is 4.49. The molecular weight excluding hydrogens is 228 g/mol. The summed E-state index contributed by atoms with van der Waals surface area (Å²) in [5.41, 5.74) is 0. The number of aryl methyl sites for hydroxylation is 2. The number of aromatic nitrogens is 4. The lowest BCUT2D eigenvalue weighted by Crippen LogP contribution is -1.96. The second-order valence-electron chi connectivity index (χ2n) is 3.25. The smallest absolute Gasteiger partial charge is 0.224 e. The highest BCUT2D eigenvalue weighted by molar-refractivity contribution is 6.29. The van der Waals surface area contributed by atoms with Gasteiger partial charge in [-0.15, -0.1) is 0 Å². The van der Waals surface area contributed by atoms with E-state index in [1.54, 1.807) is 23.1 Å². The minimum atomic E-state index is 0.380. The zero-order chi connectivity index (χ0) is 11.5. The third kappa shape index (κ3) is 2.49. The standard InChI is InChI=1S/C10H11ClN4O/c1-3-9-13-8(11)4-10(14-9)16-7-5-12-15(2)6-7/h4-6H,3H2,1-2H3. The lowest BCUT2D eigenvalue weighted by molar-refractivity contribution is 0.458. The van der Waals surface area contributed by atoms with E-state index in [1.807, 2.05) is 14.0 Å². The highest BCUT2D eigenvalue weighted by atomic mass is 35.5. The number of ether oxygens (including phenoxy) is 1. The topological polar surface area (TPSA) is 52.8 Å². The first-order valence-corrected chi connectivity index (χ1v) is 5.25. The third-order valence-electron chi connectivity index (χ3n) is 1.94. The molecule has 84 valence electrons. The van der Waals surface area contributed by atoms with Gasteiger partial charge in [-0.2, -0.15) is 10.1 Å². The van der Waals surface area contributed by atoms with Gasteiger partial charge in [0.25, 0.3) is 0 Å². The fourth-order valence-electron chi connectivity index (χ4n) is 1.22. The largest absolute Gasteiger partial charge is 0.436 e. The van der Waals surface area contributed by atoms with Crippen molar-refractivity contribution >= 4 is 11.6 Å². The molecule has 2 aromatic heterocycles. The van der Waals surface area contributed by atoms with Crippen molar-refractivity contribution in [2.24, 2.45) is 7.05 Å². The molecular formula is C10H11ClN4O. The summed E-state index contributed by atoms with van der Waals surface area (Å²) in [5.74, 6) is 1.72. The number of hydrogen-bond donors (Lipinski definition) is 0. The third-order valence-corrected chi connectivity index (χ3v) is 2.13. The van der Waals surface area contributed by atoms with Gasteiger partial charge in [0.2, 0.25) is 5.88 Å². The highest BCUT2D eigenvalue weighted by Gasteiger charge is 2.05. The number of rotatable bonds is 3. The maximum absolute atomic E-state index is 5.85. The Kier molecular flexibility index (Phi) is 3.05. The molecule has 0 saturated carbocycles. The van der Waals surface area contributed by atoms with Crippen molar-refractivity contribution in [2.75, 3.05) is 0 Å². The lowest BCUT2D eigenvalue weighted by Gasteiger charge is -2.03. The van der Waals surface area contributed by atoms with Crippen molar-refractivity contribution < 1.29 is 4.74 Å². The molecule has 2 rings (SSSR count). The van der Waals surface area contributed by atoms with E-state index in [2.05, 4.69) is 15.1 Å². The molecule has 0 aliphatic carbocycles. The summed E-state index contributed by atoms with van der Waals surface area (Å²) >= 11 is 5.85. The Morgan fingerprint density at radius 1 is 1.44 bits per heavy atom. The first-order chi connectivity index (χ1) is 7.67. The van der Waals surface area contributed by atoms with Gasteiger partial charge in [-0.05, 0) is 0 Å². The molecule has 0 unspecified atom stereocenters. The lowest BCUT2D eigenvalue weighted by atomic mass is 10.4. The van der Waals surface area contributed by atoms with E-state index >= 15 is 0 Å². The van der Waals surface area contributed by atoms with Gasteiger partial charge in [0.15, 0.2) is 5.75 Å². The van der Waals surface area contributed by atoms with E-state index < -0.39 is 0 Å². The fraction of sp³-hybridized carbons (Fsp3) is 0.300. The summed E-state index contributed by atoms with van der Waals surface area (Å²) in [4.78, 5) is 8.25. The molecule has 0 aromatic carbocycles. The molecule has 0 radical (unpaired) electrons. The van der Waals surface area contributed by atoms with Crippen LogP contribution in [-0.2, 0) is 13.5 Å². The zero-order valence-electron chi connectivity index (χ0n) is 9.01. The molecule has 2 heterocycles. The molecule has 0 bridgehead atoms. The van der Waals surface area contributed by atoms with E-state index in [1.165, 1.54) is 0 Å². The van der Waals surface area contributed by atoms with Gasteiger partial charge in [0.05, 0.1) is 12.4 Å². The average molecular weight is 239 g/mol. The number of halogens is 1. The minimum Gasteiger partial charge on any atom is -0.436 e. The minimum absolute atomic E-state index is 0.380. The number of hydrogen-bond acceptors (Lipinski definition) is 4. The van der Waals surface area contributed by atoms with Crippen molar-refractivity contribution in [1.82, 2.24) is 19.7 Å². The molecule has 0 fully saturated rings. The van der Waals surface area contributed by atoms with Crippen LogP contribution < -0.4 is 4.74 Å². The Labute approximate surface area is 98.0 Å². The van der Waals surface area contributed by atoms with E-state index in [-0.39, 0.29) is 0 Å². The van der Waals surface area contributed by atoms with Crippen LogP contribution in [0.25, 0.3) is 0 Å². The van der Waals surface area contributed by atoms with Gasteiger partial charge in [0.1, 0.15) is 11.0 Å². The van der Waals surface area contributed by atoms with Crippen LogP contribution in [0.5, 0.6) is 11.6 Å². The van der Waals surface area contributed by atoms with E-state index in [9.17, 15) is 0 Å².